The molecule has 7 heteroatoms. The van der Waals surface area contributed by atoms with Gasteiger partial charge in [0.15, 0.2) is 0 Å². The first-order valence-electron chi connectivity index (χ1n) is 3.23. The van der Waals surface area contributed by atoms with Crippen molar-refractivity contribution >= 4 is 5.97 Å². The lowest BCUT2D eigenvalue weighted by Gasteiger charge is -2.22. The fraction of sp³-hybridized carbons (Fsp3) is 0.167. The maximum absolute atomic E-state index is 10.5. The summed E-state index contributed by atoms with van der Waals surface area (Å²) in [5, 5.41) is 11.8. The van der Waals surface area contributed by atoms with Crippen molar-refractivity contribution in [2.75, 3.05) is 0 Å². The minimum absolute atomic E-state index is 0.171. The van der Waals surface area contributed by atoms with Crippen LogP contribution in [0.5, 0.6) is 0 Å². The highest BCUT2D eigenvalue weighted by molar-refractivity contribution is 5.79. The number of carboxylic acids is 1. The second-order valence-electron chi connectivity index (χ2n) is 2.28. The van der Waals surface area contributed by atoms with Crippen molar-refractivity contribution in [1.82, 2.24) is 0 Å². The normalized spacial score (nSPS) is 25.5. The van der Waals surface area contributed by atoms with Gasteiger partial charge in [-0.15, -0.1) is 0 Å². The number of hydrogen-bond donors (Lipinski definition) is 2. The van der Waals surface area contributed by atoms with E-state index in [9.17, 15) is 4.79 Å². The van der Waals surface area contributed by atoms with Crippen LogP contribution in [-0.2, 0) is 9.53 Å². The molecular formula is C6H6N4O3. The van der Waals surface area contributed by atoms with E-state index in [2.05, 4.69) is 14.8 Å². The number of nitrogens with zero attached hydrogens (tertiary/aromatic N) is 3. The Bertz CT molecular complexity index is 342. The summed E-state index contributed by atoms with van der Waals surface area (Å²) in [4.78, 5) is 13.0. The largest absolute Gasteiger partial charge is 0.477 e. The van der Waals surface area contributed by atoms with E-state index < -0.39 is 11.7 Å². The first-order valence-corrected chi connectivity index (χ1v) is 3.23. The molecule has 1 heterocycles. The van der Waals surface area contributed by atoms with Gasteiger partial charge in [-0.25, -0.2) is 4.79 Å². The molecule has 0 fully saturated rings. The summed E-state index contributed by atoms with van der Waals surface area (Å²) in [5.74, 6) is -1.32. The maximum atomic E-state index is 10.5. The van der Waals surface area contributed by atoms with E-state index in [1.807, 2.05) is 0 Å². The number of aliphatic carboxylic acids is 1. The van der Waals surface area contributed by atoms with Gasteiger partial charge in [-0.1, -0.05) is 5.11 Å². The van der Waals surface area contributed by atoms with Gasteiger partial charge in [0.25, 0.3) is 5.72 Å². The number of azide groups is 1. The summed E-state index contributed by atoms with van der Waals surface area (Å²) in [7, 11) is 0. The molecule has 0 amide bonds. The molecule has 1 aliphatic heterocycles. The van der Waals surface area contributed by atoms with E-state index in [-0.39, 0.29) is 5.70 Å². The third-order valence-corrected chi connectivity index (χ3v) is 1.37. The van der Waals surface area contributed by atoms with E-state index in [1.165, 1.54) is 6.08 Å². The molecule has 1 aliphatic rings. The molecule has 0 saturated heterocycles. The van der Waals surface area contributed by atoms with Gasteiger partial charge in [0.05, 0.1) is 12.0 Å². The van der Waals surface area contributed by atoms with E-state index in [0.717, 1.165) is 12.3 Å². The van der Waals surface area contributed by atoms with Gasteiger partial charge in [0.2, 0.25) is 0 Å². The predicted octanol–water partition coefficient (Wildman–Crippen LogP) is 0.464. The molecule has 0 spiro atoms. The van der Waals surface area contributed by atoms with Crippen LogP contribution in [0.3, 0.4) is 0 Å². The van der Waals surface area contributed by atoms with Crippen LogP contribution >= 0.6 is 0 Å². The van der Waals surface area contributed by atoms with Crippen molar-refractivity contribution in [3.8, 4) is 0 Å². The number of hydrogen-bond acceptors (Lipinski definition) is 4. The molecule has 0 aromatic carbocycles. The lowest BCUT2D eigenvalue weighted by molar-refractivity contribution is -0.153. The van der Waals surface area contributed by atoms with E-state index in [0.29, 0.717) is 0 Å². The molecule has 1 unspecified atom stereocenters. The van der Waals surface area contributed by atoms with Gasteiger partial charge in [0.1, 0.15) is 0 Å². The van der Waals surface area contributed by atoms with Crippen LogP contribution in [0, 0.1) is 0 Å². The number of nitrogens with two attached hydrogens (primary N) is 1. The van der Waals surface area contributed by atoms with Gasteiger partial charge in [-0.05, 0) is 17.7 Å². The van der Waals surface area contributed by atoms with Crippen LogP contribution in [-0.4, -0.2) is 16.8 Å². The van der Waals surface area contributed by atoms with Crippen LogP contribution in [0.25, 0.3) is 10.4 Å². The first-order chi connectivity index (χ1) is 6.08. The number of ether oxygens (including phenoxy) is 1. The highest BCUT2D eigenvalue weighted by Gasteiger charge is 2.34. The standard InChI is InChI=1S/C6H6N4O3/c7-6(5(11)12)2-1-4(3-13-6)9-10-8/h1-3H,7H2,(H,11,12). The Morgan fingerprint density at radius 2 is 2.54 bits per heavy atom. The summed E-state index contributed by atoms with van der Waals surface area (Å²) in [6.45, 7) is 0. The molecule has 0 aromatic rings. The molecule has 7 nitrogen and oxygen atoms in total. The molecule has 0 aliphatic carbocycles. The van der Waals surface area contributed by atoms with Crippen LogP contribution in [0.4, 0.5) is 0 Å². The molecule has 1 atom stereocenters. The fourth-order valence-electron chi connectivity index (χ4n) is 0.676. The minimum atomic E-state index is -1.87. The van der Waals surface area contributed by atoms with Crippen molar-refractivity contribution in [2.24, 2.45) is 10.8 Å². The predicted molar refractivity (Wildman–Crippen MR) is 42.0 cm³/mol. The Labute approximate surface area is 72.7 Å². The third-order valence-electron chi connectivity index (χ3n) is 1.37. The average molecular weight is 182 g/mol. The summed E-state index contributed by atoms with van der Waals surface area (Å²) in [6.07, 6.45) is 3.37. The molecule has 0 aromatic heterocycles. The van der Waals surface area contributed by atoms with Crippen molar-refractivity contribution in [3.05, 3.63) is 34.6 Å². The van der Waals surface area contributed by atoms with Gasteiger partial charge in [0, 0.05) is 4.91 Å². The molecule has 13 heavy (non-hydrogen) atoms. The first kappa shape index (κ1) is 9.11. The zero-order valence-electron chi connectivity index (χ0n) is 6.41. The Morgan fingerprint density at radius 3 is 2.92 bits per heavy atom. The monoisotopic (exact) mass is 182 g/mol. The Kier molecular flexibility index (Phi) is 2.23. The number of carboxylic acid groups (broad SMARTS) is 1. The molecule has 0 saturated carbocycles. The summed E-state index contributed by atoms with van der Waals surface area (Å²) < 4.78 is 4.66. The van der Waals surface area contributed by atoms with Gasteiger partial charge < -0.3 is 9.84 Å². The lowest BCUT2D eigenvalue weighted by Crippen LogP contribution is -2.48. The third kappa shape index (κ3) is 1.78. The van der Waals surface area contributed by atoms with Crippen LogP contribution in [0.2, 0.25) is 0 Å². The molecule has 68 valence electrons. The molecule has 0 bridgehead atoms. The fourth-order valence-corrected chi connectivity index (χ4v) is 0.676. The Morgan fingerprint density at radius 1 is 1.85 bits per heavy atom. The number of allylic oxidation sites excluding steroid dienone is 1. The van der Waals surface area contributed by atoms with Crippen molar-refractivity contribution < 1.29 is 14.6 Å². The molecule has 1 rings (SSSR count). The van der Waals surface area contributed by atoms with Gasteiger partial charge in [-0.3, -0.25) is 5.73 Å². The molecule has 0 radical (unpaired) electrons. The van der Waals surface area contributed by atoms with Crippen LogP contribution in [0.1, 0.15) is 0 Å². The smallest absolute Gasteiger partial charge is 0.368 e. The topological polar surface area (TPSA) is 121 Å². The van der Waals surface area contributed by atoms with E-state index >= 15 is 0 Å². The lowest BCUT2D eigenvalue weighted by atomic mass is 10.2. The Balaban J connectivity index is 2.84. The Hall–Kier alpha value is -1.98. The SMILES string of the molecule is [N-]=[N+]=NC1=COC(N)(C(=O)O)C=C1. The van der Waals surface area contributed by atoms with Gasteiger partial charge >= 0.3 is 5.97 Å². The highest BCUT2D eigenvalue weighted by atomic mass is 16.5. The molecular weight excluding hydrogens is 176 g/mol. The van der Waals surface area contributed by atoms with Gasteiger partial charge in [-0.2, -0.15) is 0 Å². The second-order valence-corrected chi connectivity index (χ2v) is 2.28. The quantitative estimate of drug-likeness (QED) is 0.366. The summed E-state index contributed by atoms with van der Waals surface area (Å²) in [5.41, 5.74) is 11.6. The van der Waals surface area contributed by atoms with E-state index in [1.54, 1.807) is 0 Å². The van der Waals surface area contributed by atoms with Crippen LogP contribution < -0.4 is 5.73 Å². The average Bonchev–Trinajstić information content (AvgIpc) is 2.09. The maximum Gasteiger partial charge on any atom is 0.368 e. The minimum Gasteiger partial charge on any atom is -0.477 e. The number of rotatable bonds is 2. The second kappa shape index (κ2) is 3.18. The number of carbonyl (C=O) groups is 1. The zero-order valence-corrected chi connectivity index (χ0v) is 6.41. The zero-order chi connectivity index (χ0) is 9.90. The van der Waals surface area contributed by atoms with Crippen molar-refractivity contribution in [1.29, 1.82) is 0 Å². The van der Waals surface area contributed by atoms with Crippen LogP contribution in [0.15, 0.2) is 29.2 Å². The highest BCUT2D eigenvalue weighted by Crippen LogP contribution is 2.16. The van der Waals surface area contributed by atoms with E-state index in [4.69, 9.17) is 16.4 Å². The summed E-state index contributed by atoms with van der Waals surface area (Å²) >= 11 is 0. The van der Waals surface area contributed by atoms with Crippen molar-refractivity contribution in [3.63, 3.8) is 0 Å². The molecule has 3 N–H and O–H groups in total. The summed E-state index contributed by atoms with van der Waals surface area (Å²) in [6, 6.07) is 0. The van der Waals surface area contributed by atoms with Crippen molar-refractivity contribution in [2.45, 2.75) is 5.72 Å².